The molecule has 2 amide bonds. The van der Waals surface area contributed by atoms with Crippen LogP contribution >= 0.6 is 11.6 Å². The first kappa shape index (κ1) is 18.7. The molecule has 22 heavy (non-hydrogen) atoms. The van der Waals surface area contributed by atoms with E-state index in [0.29, 0.717) is 18.0 Å². The molecule has 0 bridgehead atoms. The Morgan fingerprint density at radius 3 is 2.73 bits per heavy atom. The first-order valence-corrected chi connectivity index (χ1v) is 7.75. The summed E-state index contributed by atoms with van der Waals surface area (Å²) in [5, 5.41) is 14.7. The van der Waals surface area contributed by atoms with Gasteiger partial charge in [-0.2, -0.15) is 0 Å². The van der Waals surface area contributed by atoms with Gasteiger partial charge in [0.05, 0.1) is 0 Å². The highest BCUT2D eigenvalue weighted by Gasteiger charge is 2.24. The molecular weight excluding hydrogens is 307 g/mol. The monoisotopic (exact) mass is 330 g/mol. The van der Waals surface area contributed by atoms with E-state index in [-0.39, 0.29) is 24.5 Å². The summed E-state index contributed by atoms with van der Waals surface area (Å²) in [5.74, 6) is -0.382. The van der Waals surface area contributed by atoms with E-state index in [1.165, 1.54) is 12.1 Å². The molecule has 124 valence electrons. The fraction of sp³-hybridized carbons (Fsp3) is 0.562. The number of nitrogens with one attached hydrogen (secondary N) is 2. The molecule has 1 aromatic carbocycles. The fourth-order valence-electron chi connectivity index (χ4n) is 2.18. The highest BCUT2D eigenvalue weighted by atomic mass is 35.5. The van der Waals surface area contributed by atoms with Crippen LogP contribution in [0, 0.1) is 5.82 Å². The Labute approximate surface area is 136 Å². The average Bonchev–Trinajstić information content (AvgIpc) is 2.42. The third kappa shape index (κ3) is 5.81. The predicted octanol–water partition coefficient (Wildman–Crippen LogP) is 3.22. The van der Waals surface area contributed by atoms with E-state index >= 15 is 0 Å². The van der Waals surface area contributed by atoms with Gasteiger partial charge in [0.15, 0.2) is 0 Å². The number of amides is 2. The summed E-state index contributed by atoms with van der Waals surface area (Å²) in [6.07, 6.45) is 1.37. The summed E-state index contributed by atoms with van der Waals surface area (Å²) in [7, 11) is 0. The smallest absolute Gasteiger partial charge is 0.315 e. The van der Waals surface area contributed by atoms with Crippen LogP contribution in [0.25, 0.3) is 0 Å². The molecule has 3 N–H and O–H groups in total. The Morgan fingerprint density at radius 1 is 1.45 bits per heavy atom. The van der Waals surface area contributed by atoms with Crippen molar-refractivity contribution in [3.8, 4) is 0 Å². The zero-order valence-electron chi connectivity index (χ0n) is 13.2. The second-order valence-corrected chi connectivity index (χ2v) is 6.51. The summed E-state index contributed by atoms with van der Waals surface area (Å²) < 4.78 is 13.1. The minimum absolute atomic E-state index is 0.00956. The van der Waals surface area contributed by atoms with Crippen molar-refractivity contribution in [2.75, 3.05) is 13.2 Å². The van der Waals surface area contributed by atoms with Crippen LogP contribution in [-0.4, -0.2) is 30.3 Å². The zero-order chi connectivity index (χ0) is 16.8. The van der Waals surface area contributed by atoms with E-state index in [2.05, 4.69) is 10.6 Å². The van der Waals surface area contributed by atoms with Crippen LogP contribution in [-0.2, 0) is 5.41 Å². The van der Waals surface area contributed by atoms with E-state index in [0.717, 1.165) is 12.0 Å². The maximum Gasteiger partial charge on any atom is 0.315 e. The zero-order valence-corrected chi connectivity index (χ0v) is 14.0. The first-order valence-electron chi connectivity index (χ1n) is 7.37. The summed E-state index contributed by atoms with van der Waals surface area (Å²) >= 11 is 6.08. The van der Waals surface area contributed by atoms with E-state index in [4.69, 9.17) is 16.7 Å². The number of hydrogen-bond donors (Lipinski definition) is 3. The molecule has 0 aliphatic heterocycles. The van der Waals surface area contributed by atoms with E-state index in [9.17, 15) is 9.18 Å². The van der Waals surface area contributed by atoms with Crippen molar-refractivity contribution >= 4 is 17.6 Å². The predicted molar refractivity (Wildman–Crippen MR) is 86.8 cm³/mol. The van der Waals surface area contributed by atoms with Crippen molar-refractivity contribution in [2.45, 2.75) is 45.1 Å². The van der Waals surface area contributed by atoms with Crippen molar-refractivity contribution in [2.24, 2.45) is 0 Å². The van der Waals surface area contributed by atoms with Crippen molar-refractivity contribution in [3.05, 3.63) is 34.6 Å². The second kappa shape index (κ2) is 8.34. The summed E-state index contributed by atoms with van der Waals surface area (Å²) in [5.41, 5.74) is 0.361. The highest BCUT2D eigenvalue weighted by molar-refractivity contribution is 6.31. The Bertz CT molecular complexity index is 509. The van der Waals surface area contributed by atoms with Gasteiger partial charge in [-0.3, -0.25) is 0 Å². The number of hydrogen-bond acceptors (Lipinski definition) is 2. The largest absolute Gasteiger partial charge is 0.396 e. The van der Waals surface area contributed by atoms with Crippen LogP contribution in [0.1, 0.15) is 39.2 Å². The van der Waals surface area contributed by atoms with Crippen molar-refractivity contribution in [1.29, 1.82) is 0 Å². The summed E-state index contributed by atoms with van der Waals surface area (Å²) in [4.78, 5) is 11.9. The van der Waals surface area contributed by atoms with Crippen molar-refractivity contribution in [1.82, 2.24) is 10.6 Å². The number of aliphatic hydroxyl groups is 1. The lowest BCUT2D eigenvalue weighted by atomic mass is 9.84. The minimum Gasteiger partial charge on any atom is -0.396 e. The van der Waals surface area contributed by atoms with Gasteiger partial charge in [0.2, 0.25) is 0 Å². The topological polar surface area (TPSA) is 61.4 Å². The van der Waals surface area contributed by atoms with Crippen LogP contribution in [0.2, 0.25) is 5.02 Å². The van der Waals surface area contributed by atoms with Gasteiger partial charge in [0.25, 0.3) is 0 Å². The van der Waals surface area contributed by atoms with E-state index in [1.54, 1.807) is 6.07 Å². The molecule has 1 atom stereocenters. The lowest BCUT2D eigenvalue weighted by Crippen LogP contribution is -2.45. The van der Waals surface area contributed by atoms with Gasteiger partial charge < -0.3 is 15.7 Å². The molecule has 0 spiro atoms. The number of benzene rings is 1. The first-order chi connectivity index (χ1) is 10.3. The van der Waals surface area contributed by atoms with Crippen LogP contribution in [0.4, 0.5) is 9.18 Å². The molecular formula is C16H24ClFN2O2. The van der Waals surface area contributed by atoms with Gasteiger partial charge in [0.1, 0.15) is 5.82 Å². The Morgan fingerprint density at radius 2 is 2.14 bits per heavy atom. The van der Waals surface area contributed by atoms with Crippen molar-refractivity contribution in [3.63, 3.8) is 0 Å². The number of carbonyl (C=O) groups is 1. The standard InChI is InChI=1S/C16H24ClFN2O2/c1-11(5-4-8-21)20-15(22)19-10-16(2,3)13-7-6-12(18)9-14(13)17/h6-7,9,11,21H,4-5,8,10H2,1-3H3,(H2,19,20,22). The SMILES string of the molecule is CC(CCCO)NC(=O)NCC(C)(C)c1ccc(F)cc1Cl. The minimum atomic E-state index is -0.420. The number of halogens is 2. The molecule has 6 heteroatoms. The molecule has 0 aliphatic rings. The molecule has 0 aliphatic carbocycles. The Kier molecular flexibility index (Phi) is 7.10. The average molecular weight is 331 g/mol. The molecule has 0 saturated carbocycles. The second-order valence-electron chi connectivity index (χ2n) is 6.10. The lowest BCUT2D eigenvalue weighted by Gasteiger charge is -2.27. The number of aliphatic hydroxyl groups excluding tert-OH is 1. The van der Waals surface area contributed by atoms with Crippen LogP contribution < -0.4 is 10.6 Å². The molecule has 0 saturated heterocycles. The molecule has 1 unspecified atom stereocenters. The third-order valence-electron chi connectivity index (χ3n) is 3.52. The molecule has 0 aromatic heterocycles. The normalized spacial score (nSPS) is 12.8. The van der Waals surface area contributed by atoms with Gasteiger partial charge >= 0.3 is 6.03 Å². The quantitative estimate of drug-likeness (QED) is 0.719. The van der Waals surface area contributed by atoms with Crippen LogP contribution in [0.15, 0.2) is 18.2 Å². The fourth-order valence-corrected chi connectivity index (χ4v) is 2.60. The highest BCUT2D eigenvalue weighted by Crippen LogP contribution is 2.29. The lowest BCUT2D eigenvalue weighted by molar-refractivity contribution is 0.232. The number of rotatable bonds is 7. The van der Waals surface area contributed by atoms with E-state index < -0.39 is 5.41 Å². The molecule has 0 fully saturated rings. The number of urea groups is 1. The third-order valence-corrected chi connectivity index (χ3v) is 3.84. The van der Waals surface area contributed by atoms with E-state index in [1.807, 2.05) is 20.8 Å². The van der Waals surface area contributed by atoms with Crippen molar-refractivity contribution < 1.29 is 14.3 Å². The number of carbonyl (C=O) groups excluding carboxylic acids is 1. The van der Waals surface area contributed by atoms with Gasteiger partial charge in [-0.1, -0.05) is 31.5 Å². The van der Waals surface area contributed by atoms with Crippen LogP contribution in [0.5, 0.6) is 0 Å². The van der Waals surface area contributed by atoms with Gasteiger partial charge in [-0.05, 0) is 37.5 Å². The summed E-state index contributed by atoms with van der Waals surface area (Å²) in [6.45, 7) is 6.24. The summed E-state index contributed by atoms with van der Waals surface area (Å²) in [6, 6.07) is 4.00. The Hall–Kier alpha value is -1.33. The Balaban J connectivity index is 2.56. The van der Waals surface area contributed by atoms with Gasteiger partial charge in [-0.15, -0.1) is 0 Å². The van der Waals surface area contributed by atoms with Gasteiger partial charge in [0, 0.05) is 29.6 Å². The van der Waals surface area contributed by atoms with Gasteiger partial charge in [-0.25, -0.2) is 9.18 Å². The molecule has 1 aromatic rings. The molecule has 0 heterocycles. The maximum atomic E-state index is 13.1. The van der Waals surface area contributed by atoms with Crippen LogP contribution in [0.3, 0.4) is 0 Å². The molecule has 1 rings (SSSR count). The molecule has 4 nitrogen and oxygen atoms in total. The maximum absolute atomic E-state index is 13.1. The molecule has 0 radical (unpaired) electrons.